The Morgan fingerprint density at radius 1 is 1.35 bits per heavy atom. The number of nitrogen functional groups attached to an aromatic ring is 1. The highest BCUT2D eigenvalue weighted by Gasteiger charge is 2.23. The Kier molecular flexibility index (Phi) is 3.36. The molecule has 0 aromatic carbocycles. The quantitative estimate of drug-likeness (QED) is 0.842. The van der Waals surface area contributed by atoms with Gasteiger partial charge < -0.3 is 15.5 Å². The van der Waals surface area contributed by atoms with Gasteiger partial charge in [0.05, 0.1) is 0 Å². The van der Waals surface area contributed by atoms with Gasteiger partial charge in [0, 0.05) is 26.7 Å². The predicted octanol–water partition coefficient (Wildman–Crippen LogP) is 1.50. The number of hydrogen-bond donors (Lipinski definition) is 1. The van der Waals surface area contributed by atoms with Crippen molar-refractivity contribution in [3.8, 4) is 0 Å². The van der Waals surface area contributed by atoms with Crippen LogP contribution in [-0.2, 0) is 0 Å². The first-order valence-electron chi connectivity index (χ1n) is 6.15. The lowest BCUT2D eigenvalue weighted by molar-refractivity contribution is 0.481. The molecule has 1 aliphatic rings. The second-order valence-corrected chi connectivity index (χ2v) is 4.87. The van der Waals surface area contributed by atoms with Crippen molar-refractivity contribution in [1.82, 2.24) is 9.97 Å². The first-order chi connectivity index (χ1) is 8.11. The second kappa shape index (κ2) is 4.77. The molecule has 2 rings (SSSR count). The zero-order valence-electron chi connectivity index (χ0n) is 10.8. The number of nitrogens with zero attached hydrogens (tertiary/aromatic N) is 4. The van der Waals surface area contributed by atoms with Crippen LogP contribution in [0.15, 0.2) is 6.33 Å². The van der Waals surface area contributed by atoms with Crippen molar-refractivity contribution < 1.29 is 0 Å². The number of rotatable bonds is 2. The van der Waals surface area contributed by atoms with Gasteiger partial charge in [-0.2, -0.15) is 0 Å². The summed E-state index contributed by atoms with van der Waals surface area (Å²) in [6.45, 7) is 3.27. The molecule has 0 bridgehead atoms. The molecule has 1 unspecified atom stereocenters. The largest absolute Gasteiger partial charge is 0.393 e. The highest BCUT2D eigenvalue weighted by Crippen LogP contribution is 2.31. The van der Waals surface area contributed by atoms with Gasteiger partial charge >= 0.3 is 0 Å². The van der Waals surface area contributed by atoms with Gasteiger partial charge in [0.25, 0.3) is 0 Å². The SMILES string of the molecule is CC1CCCCN1c1ncnc(N(C)C)c1N. The van der Waals surface area contributed by atoms with Crippen LogP contribution in [-0.4, -0.2) is 36.6 Å². The number of anilines is 3. The number of piperidine rings is 1. The maximum Gasteiger partial charge on any atom is 0.157 e. The van der Waals surface area contributed by atoms with Gasteiger partial charge in [0.2, 0.25) is 0 Å². The molecule has 1 saturated heterocycles. The van der Waals surface area contributed by atoms with Crippen LogP contribution in [0, 0.1) is 0 Å². The molecule has 17 heavy (non-hydrogen) atoms. The molecule has 94 valence electrons. The van der Waals surface area contributed by atoms with E-state index in [1.54, 1.807) is 6.33 Å². The van der Waals surface area contributed by atoms with Crippen molar-refractivity contribution in [2.24, 2.45) is 0 Å². The van der Waals surface area contributed by atoms with Crippen LogP contribution in [0.3, 0.4) is 0 Å². The van der Waals surface area contributed by atoms with Gasteiger partial charge in [0.1, 0.15) is 12.0 Å². The summed E-state index contributed by atoms with van der Waals surface area (Å²) in [4.78, 5) is 12.8. The fraction of sp³-hybridized carbons (Fsp3) is 0.667. The fourth-order valence-corrected chi connectivity index (χ4v) is 2.38. The van der Waals surface area contributed by atoms with Crippen molar-refractivity contribution in [1.29, 1.82) is 0 Å². The van der Waals surface area contributed by atoms with E-state index in [2.05, 4.69) is 21.8 Å². The summed E-state index contributed by atoms with van der Waals surface area (Å²) in [7, 11) is 3.89. The second-order valence-electron chi connectivity index (χ2n) is 4.87. The standard InChI is InChI=1S/C12H21N5/c1-9-6-4-5-7-17(9)12-10(13)11(16(2)3)14-8-15-12/h8-9H,4-7,13H2,1-3H3. The molecular formula is C12H21N5. The van der Waals surface area contributed by atoms with Crippen molar-refractivity contribution in [2.45, 2.75) is 32.2 Å². The molecule has 2 heterocycles. The number of nitrogens with two attached hydrogens (primary N) is 1. The molecule has 1 aliphatic heterocycles. The van der Waals surface area contributed by atoms with Gasteiger partial charge in [-0.05, 0) is 26.2 Å². The lowest BCUT2D eigenvalue weighted by Crippen LogP contribution is -2.38. The van der Waals surface area contributed by atoms with Crippen LogP contribution in [0.25, 0.3) is 0 Å². The first kappa shape index (κ1) is 12.0. The maximum atomic E-state index is 6.17. The zero-order valence-corrected chi connectivity index (χ0v) is 10.8. The summed E-state index contributed by atoms with van der Waals surface area (Å²) in [5.74, 6) is 1.68. The number of hydrogen-bond acceptors (Lipinski definition) is 5. The molecule has 5 heteroatoms. The first-order valence-corrected chi connectivity index (χ1v) is 6.15. The molecule has 5 nitrogen and oxygen atoms in total. The average Bonchev–Trinajstić information content (AvgIpc) is 2.30. The Morgan fingerprint density at radius 2 is 2.12 bits per heavy atom. The van der Waals surface area contributed by atoms with Gasteiger partial charge in [0.15, 0.2) is 11.6 Å². The summed E-state index contributed by atoms with van der Waals surface area (Å²) in [6, 6.07) is 0.510. The Hall–Kier alpha value is -1.52. The van der Waals surface area contributed by atoms with Crippen LogP contribution in [0.1, 0.15) is 26.2 Å². The predicted molar refractivity (Wildman–Crippen MR) is 71.4 cm³/mol. The van der Waals surface area contributed by atoms with Crippen LogP contribution in [0.5, 0.6) is 0 Å². The normalized spacial score (nSPS) is 20.4. The van der Waals surface area contributed by atoms with Gasteiger partial charge in [-0.15, -0.1) is 0 Å². The maximum absolute atomic E-state index is 6.17. The molecular weight excluding hydrogens is 214 g/mol. The zero-order chi connectivity index (χ0) is 12.4. The summed E-state index contributed by atoms with van der Waals surface area (Å²) in [5.41, 5.74) is 6.86. The number of aromatic nitrogens is 2. The van der Waals surface area contributed by atoms with Crippen molar-refractivity contribution in [3.05, 3.63) is 6.33 Å². The topological polar surface area (TPSA) is 58.3 Å². The molecule has 0 amide bonds. The van der Waals surface area contributed by atoms with Crippen LogP contribution < -0.4 is 15.5 Å². The fourth-order valence-electron chi connectivity index (χ4n) is 2.38. The third-order valence-corrected chi connectivity index (χ3v) is 3.34. The van der Waals surface area contributed by atoms with E-state index in [0.717, 1.165) is 18.2 Å². The van der Waals surface area contributed by atoms with Gasteiger partial charge in [-0.3, -0.25) is 0 Å². The molecule has 0 radical (unpaired) electrons. The molecule has 2 N–H and O–H groups in total. The summed E-state index contributed by atoms with van der Waals surface area (Å²) in [6.07, 6.45) is 5.32. The van der Waals surface area contributed by atoms with E-state index in [1.807, 2.05) is 19.0 Å². The molecule has 1 atom stereocenters. The minimum absolute atomic E-state index is 0.510. The lowest BCUT2D eigenvalue weighted by Gasteiger charge is -2.35. The van der Waals surface area contributed by atoms with E-state index in [0.29, 0.717) is 11.7 Å². The van der Waals surface area contributed by atoms with Crippen LogP contribution >= 0.6 is 0 Å². The van der Waals surface area contributed by atoms with E-state index in [-0.39, 0.29) is 0 Å². The Balaban J connectivity index is 2.34. The third kappa shape index (κ3) is 2.28. The Labute approximate surface area is 103 Å². The molecule has 0 aliphatic carbocycles. The molecule has 1 aromatic heterocycles. The van der Waals surface area contributed by atoms with Gasteiger partial charge in [-0.1, -0.05) is 0 Å². The smallest absolute Gasteiger partial charge is 0.157 e. The molecule has 1 fully saturated rings. The summed E-state index contributed by atoms with van der Waals surface area (Å²) < 4.78 is 0. The van der Waals surface area contributed by atoms with Crippen molar-refractivity contribution in [2.75, 3.05) is 36.2 Å². The highest BCUT2D eigenvalue weighted by atomic mass is 15.3. The van der Waals surface area contributed by atoms with E-state index in [4.69, 9.17) is 5.73 Å². The average molecular weight is 235 g/mol. The van der Waals surface area contributed by atoms with E-state index in [9.17, 15) is 0 Å². The monoisotopic (exact) mass is 235 g/mol. The van der Waals surface area contributed by atoms with Crippen LogP contribution in [0.4, 0.5) is 17.3 Å². The molecule has 0 spiro atoms. The summed E-state index contributed by atoms with van der Waals surface area (Å²) >= 11 is 0. The molecule has 1 aromatic rings. The minimum Gasteiger partial charge on any atom is -0.393 e. The van der Waals surface area contributed by atoms with Crippen molar-refractivity contribution >= 4 is 17.3 Å². The molecule has 0 saturated carbocycles. The highest BCUT2D eigenvalue weighted by molar-refractivity contribution is 5.75. The lowest BCUT2D eigenvalue weighted by atomic mass is 10.0. The minimum atomic E-state index is 0.510. The van der Waals surface area contributed by atoms with Crippen molar-refractivity contribution in [3.63, 3.8) is 0 Å². The van der Waals surface area contributed by atoms with Gasteiger partial charge in [-0.25, -0.2) is 9.97 Å². The van der Waals surface area contributed by atoms with E-state index < -0.39 is 0 Å². The third-order valence-electron chi connectivity index (χ3n) is 3.34. The van der Waals surface area contributed by atoms with E-state index in [1.165, 1.54) is 19.3 Å². The Bertz CT molecular complexity index is 390. The van der Waals surface area contributed by atoms with E-state index >= 15 is 0 Å². The van der Waals surface area contributed by atoms with Crippen LogP contribution in [0.2, 0.25) is 0 Å². The summed E-state index contributed by atoms with van der Waals surface area (Å²) in [5, 5.41) is 0. The Morgan fingerprint density at radius 3 is 2.76 bits per heavy atom.